The summed E-state index contributed by atoms with van der Waals surface area (Å²) in [5.74, 6) is -0.244. The van der Waals surface area contributed by atoms with Gasteiger partial charge >= 0.3 is 14.9 Å². The van der Waals surface area contributed by atoms with E-state index in [-0.39, 0.29) is 22.5 Å². The number of allylic oxidation sites excluding steroid dienone is 2. The quantitative estimate of drug-likeness (QED) is 0.122. The zero-order valence-electron chi connectivity index (χ0n) is 23.1. The van der Waals surface area contributed by atoms with Crippen molar-refractivity contribution in [3.05, 3.63) is 112 Å². The van der Waals surface area contributed by atoms with Crippen LogP contribution >= 0.6 is 0 Å². The average Bonchev–Trinajstić information content (AvgIpc) is 3.40. The molecule has 0 saturated carbocycles. The van der Waals surface area contributed by atoms with Crippen molar-refractivity contribution < 1.29 is 21.9 Å². The maximum Gasteiger partial charge on any atom is 0.796 e. The number of hydrogen-bond donors (Lipinski definition) is 0. The van der Waals surface area contributed by atoms with Gasteiger partial charge in [0, 0.05) is 45.7 Å². The van der Waals surface area contributed by atoms with Gasteiger partial charge in [-0.2, -0.15) is 0 Å². The van der Waals surface area contributed by atoms with Crippen LogP contribution in [0.2, 0.25) is 0 Å². The maximum atomic E-state index is 15.0. The van der Waals surface area contributed by atoms with Gasteiger partial charge in [-0.25, -0.2) is 8.63 Å². The monoisotopic (exact) mass is 555 g/mol. The first-order valence-corrected chi connectivity index (χ1v) is 13.3. The molecular weight excluding hydrogens is 528 g/mol. The van der Waals surface area contributed by atoms with Gasteiger partial charge in [0.1, 0.15) is 5.75 Å². The van der Waals surface area contributed by atoms with Crippen LogP contribution in [0.5, 0.6) is 5.75 Å². The molecule has 41 heavy (non-hydrogen) atoms. The molecule has 0 saturated heterocycles. The van der Waals surface area contributed by atoms with Crippen LogP contribution in [0.4, 0.5) is 23.0 Å². The molecule has 0 aliphatic carbocycles. The van der Waals surface area contributed by atoms with Crippen LogP contribution in [0.25, 0.3) is 16.5 Å². The van der Waals surface area contributed by atoms with E-state index in [4.69, 9.17) is 9.65 Å². The molecule has 10 heteroatoms. The number of aliphatic imine (C=N–C) groups is 2. The van der Waals surface area contributed by atoms with Gasteiger partial charge in [0.25, 0.3) is 0 Å². The van der Waals surface area contributed by atoms with E-state index >= 15 is 0 Å². The molecule has 0 bridgehead atoms. The number of halogens is 4. The third kappa shape index (κ3) is 5.38. The SMILES string of the molecule is CCC1=C(C)/C(=C(\c2ccccc2)c2c(C)c3cc(C=Nc4ccccc4)c(OB(F)F)cc3n2B(F)F)N=C1C. The molecular formula is C31H27B2F4N3O. The minimum Gasteiger partial charge on any atom is -0.505 e. The molecule has 0 atom stereocenters. The summed E-state index contributed by atoms with van der Waals surface area (Å²) < 4.78 is 62.6. The van der Waals surface area contributed by atoms with Crippen LogP contribution in [0.15, 0.2) is 99.6 Å². The van der Waals surface area contributed by atoms with Crippen molar-refractivity contribution in [3.63, 3.8) is 0 Å². The first-order chi connectivity index (χ1) is 19.7. The van der Waals surface area contributed by atoms with Gasteiger partial charge in [-0.1, -0.05) is 55.5 Å². The molecule has 1 aliphatic heterocycles. The van der Waals surface area contributed by atoms with E-state index in [2.05, 4.69) is 4.99 Å². The Bertz CT molecular complexity index is 1730. The van der Waals surface area contributed by atoms with Crippen LogP contribution in [0.3, 0.4) is 0 Å². The largest absolute Gasteiger partial charge is 0.796 e. The van der Waals surface area contributed by atoms with Crippen molar-refractivity contribution in [2.24, 2.45) is 9.98 Å². The first kappa shape index (κ1) is 28.2. The molecule has 0 N–H and O–H groups in total. The number of rotatable bonds is 8. The molecule has 1 aliphatic rings. The fourth-order valence-electron chi connectivity index (χ4n) is 5.47. The number of hydrogen-bond acceptors (Lipinski definition) is 3. The van der Waals surface area contributed by atoms with Gasteiger partial charge in [-0.3, -0.25) is 18.6 Å². The Hall–Kier alpha value is -4.33. The van der Waals surface area contributed by atoms with Crippen LogP contribution in [-0.4, -0.2) is 31.3 Å². The Labute approximate surface area is 237 Å². The standard InChI is InChI=1S/C31H27B2F4N3O/c1-5-25-19(2)30(39-21(25)4)29(22-12-8-6-9-13-22)31-20(3)26-16-23(18-38-24-14-10-7-11-15-24)28(41-33(36)37)17-27(26)40(31)32(34)35/h6-18H,5H2,1-4H3/b30-29-,38-18?. The van der Waals surface area contributed by atoms with Crippen molar-refractivity contribution in [2.75, 3.05) is 0 Å². The van der Waals surface area contributed by atoms with Gasteiger partial charge in [0.2, 0.25) is 0 Å². The Morgan fingerprint density at radius 2 is 1.61 bits per heavy atom. The van der Waals surface area contributed by atoms with Crippen LogP contribution in [0.1, 0.15) is 49.6 Å². The summed E-state index contributed by atoms with van der Waals surface area (Å²) in [5, 5.41) is 0.474. The Balaban J connectivity index is 1.84. The summed E-state index contributed by atoms with van der Waals surface area (Å²) in [6.07, 6.45) is 2.16. The second kappa shape index (κ2) is 11.6. The minimum absolute atomic E-state index is 0.0742. The molecule has 5 rings (SSSR count). The first-order valence-electron chi connectivity index (χ1n) is 13.3. The zero-order valence-corrected chi connectivity index (χ0v) is 23.1. The highest BCUT2D eigenvalue weighted by atomic mass is 19.2. The summed E-state index contributed by atoms with van der Waals surface area (Å²) in [4.78, 5) is 9.23. The van der Waals surface area contributed by atoms with Gasteiger partial charge in [-0.05, 0) is 67.7 Å². The van der Waals surface area contributed by atoms with E-state index in [1.807, 2.05) is 57.2 Å². The van der Waals surface area contributed by atoms with Gasteiger partial charge in [0.15, 0.2) is 0 Å². The van der Waals surface area contributed by atoms with Crippen molar-refractivity contribution in [1.29, 1.82) is 0 Å². The number of para-hydroxylation sites is 1. The molecule has 4 aromatic rings. The molecule has 0 unspecified atom stereocenters. The van der Waals surface area contributed by atoms with Gasteiger partial charge < -0.3 is 9.13 Å². The Morgan fingerprint density at radius 3 is 2.20 bits per heavy atom. The second-order valence-electron chi connectivity index (χ2n) is 9.74. The lowest BCUT2D eigenvalue weighted by molar-refractivity contribution is 0.426. The highest BCUT2D eigenvalue weighted by Gasteiger charge is 2.32. The average molecular weight is 555 g/mol. The molecule has 206 valence electrons. The molecule has 0 amide bonds. The van der Waals surface area contributed by atoms with E-state index in [1.165, 1.54) is 12.3 Å². The predicted octanol–water partition coefficient (Wildman–Crippen LogP) is 8.74. The van der Waals surface area contributed by atoms with E-state index in [0.717, 1.165) is 33.3 Å². The number of aromatic nitrogens is 1. The van der Waals surface area contributed by atoms with Crippen LogP contribution in [0, 0.1) is 6.92 Å². The van der Waals surface area contributed by atoms with Crippen molar-refractivity contribution in [1.82, 2.24) is 4.48 Å². The van der Waals surface area contributed by atoms with Crippen LogP contribution < -0.4 is 4.65 Å². The number of benzene rings is 3. The lowest BCUT2D eigenvalue weighted by Crippen LogP contribution is -2.17. The van der Waals surface area contributed by atoms with Gasteiger partial charge in [-0.15, -0.1) is 0 Å². The maximum absolute atomic E-state index is 15.0. The Morgan fingerprint density at radius 1 is 0.951 bits per heavy atom. The van der Waals surface area contributed by atoms with Crippen molar-refractivity contribution in [3.8, 4) is 5.75 Å². The zero-order chi connectivity index (χ0) is 29.3. The summed E-state index contributed by atoms with van der Waals surface area (Å²) >= 11 is 0. The number of nitrogens with zero attached hydrogens (tertiary/aromatic N) is 3. The van der Waals surface area contributed by atoms with Crippen molar-refractivity contribution in [2.45, 2.75) is 34.1 Å². The number of aryl methyl sites for hydroxylation is 1. The lowest BCUT2D eigenvalue weighted by Gasteiger charge is -2.16. The Kier molecular flexibility index (Phi) is 8.01. The molecule has 4 nitrogen and oxygen atoms in total. The minimum atomic E-state index is -3.15. The van der Waals surface area contributed by atoms with Crippen molar-refractivity contribution >= 4 is 49.0 Å². The normalized spacial score (nSPS) is 14.7. The molecule has 0 fully saturated rings. The summed E-state index contributed by atoms with van der Waals surface area (Å²) in [5.41, 5.74) is 6.49. The van der Waals surface area contributed by atoms with E-state index in [1.54, 1.807) is 37.3 Å². The van der Waals surface area contributed by atoms with E-state index < -0.39 is 14.9 Å². The smallest absolute Gasteiger partial charge is 0.505 e. The molecule has 3 aromatic carbocycles. The summed E-state index contributed by atoms with van der Waals surface area (Å²) in [6.45, 7) is 7.67. The fourth-order valence-corrected chi connectivity index (χ4v) is 5.47. The fraction of sp³-hybridized carbons (Fsp3) is 0.161. The highest BCUT2D eigenvalue weighted by Crippen LogP contribution is 2.42. The molecule has 1 aromatic heterocycles. The summed E-state index contributed by atoms with van der Waals surface area (Å²) in [7, 11) is -6.12. The second-order valence-corrected chi connectivity index (χ2v) is 9.74. The molecule has 0 radical (unpaired) electrons. The van der Waals surface area contributed by atoms with Gasteiger partial charge in [0.05, 0.1) is 11.4 Å². The topological polar surface area (TPSA) is 38.9 Å². The molecule has 2 heterocycles. The van der Waals surface area contributed by atoms with Crippen LogP contribution in [-0.2, 0) is 0 Å². The van der Waals surface area contributed by atoms with E-state index in [9.17, 15) is 17.3 Å². The number of fused-ring (bicyclic) bond motifs is 1. The highest BCUT2D eigenvalue weighted by molar-refractivity contribution is 6.43. The van der Waals surface area contributed by atoms with E-state index in [0.29, 0.717) is 27.9 Å². The summed E-state index contributed by atoms with van der Waals surface area (Å²) in [6, 6.07) is 21.1. The third-order valence-electron chi connectivity index (χ3n) is 7.32. The molecule has 0 spiro atoms. The lowest BCUT2D eigenvalue weighted by atomic mass is 9.93. The third-order valence-corrected chi connectivity index (χ3v) is 7.32. The predicted molar refractivity (Wildman–Crippen MR) is 161 cm³/mol.